The molecule has 0 spiro atoms. The van der Waals surface area contributed by atoms with Crippen molar-refractivity contribution in [3.05, 3.63) is 26.4 Å². The molecule has 0 saturated heterocycles. The first-order valence-corrected chi connectivity index (χ1v) is 9.64. The molecule has 0 atom stereocenters. The maximum absolute atomic E-state index is 11.8. The summed E-state index contributed by atoms with van der Waals surface area (Å²) in [5.41, 5.74) is -1.42. The fourth-order valence-electron chi connectivity index (χ4n) is 2.72. The fourth-order valence-corrected chi connectivity index (χ4v) is 3.10. The average molecular weight is 373 g/mol. The minimum atomic E-state index is -0.697. The van der Waals surface area contributed by atoms with Gasteiger partial charge in [-0.3, -0.25) is 14.3 Å². The molecule has 1 heterocycles. The van der Waals surface area contributed by atoms with Gasteiger partial charge < -0.3 is 5.11 Å². The number of thiol groups is 1. The third-order valence-electron chi connectivity index (χ3n) is 4.12. The molecule has 136 valence electrons. The van der Waals surface area contributed by atoms with Crippen LogP contribution in [0, 0.1) is 0 Å². The number of nitrogens with zero attached hydrogens (tertiary/aromatic N) is 1. The third-order valence-corrected chi connectivity index (χ3v) is 4.55. The Morgan fingerprint density at radius 2 is 1.54 bits per heavy atom. The molecule has 7 heteroatoms. The molecule has 0 radical (unpaired) electrons. The van der Waals surface area contributed by atoms with Gasteiger partial charge >= 0.3 is 5.69 Å². The first kappa shape index (κ1) is 21.0. The van der Waals surface area contributed by atoms with Gasteiger partial charge in [0.2, 0.25) is 5.88 Å². The van der Waals surface area contributed by atoms with Gasteiger partial charge in [-0.15, -0.1) is 12.6 Å². The van der Waals surface area contributed by atoms with E-state index >= 15 is 0 Å². The highest BCUT2D eigenvalue weighted by molar-refractivity contribution is 8.11. The molecular formula is C17H28N2O3S2. The number of hydrogen-bond acceptors (Lipinski definition) is 4. The van der Waals surface area contributed by atoms with Crippen molar-refractivity contribution in [1.29, 1.82) is 0 Å². The number of aromatic nitrogens is 2. The summed E-state index contributed by atoms with van der Waals surface area (Å²) in [7, 11) is 0. The lowest BCUT2D eigenvalue weighted by atomic mass is 10.1. The van der Waals surface area contributed by atoms with Crippen molar-refractivity contribution in [2.24, 2.45) is 0 Å². The van der Waals surface area contributed by atoms with Crippen molar-refractivity contribution in [3.63, 3.8) is 0 Å². The smallest absolute Gasteiger partial charge is 0.331 e. The van der Waals surface area contributed by atoms with Crippen LogP contribution in [-0.2, 0) is 6.54 Å². The summed E-state index contributed by atoms with van der Waals surface area (Å²) in [6.45, 7) is 2.58. The second kappa shape index (κ2) is 11.5. The van der Waals surface area contributed by atoms with E-state index in [4.69, 9.17) is 12.2 Å². The Hall–Kier alpha value is -1.08. The largest absolute Gasteiger partial charge is 0.494 e. The highest BCUT2D eigenvalue weighted by atomic mass is 32.1. The van der Waals surface area contributed by atoms with Crippen molar-refractivity contribution >= 4 is 29.0 Å². The first-order valence-electron chi connectivity index (χ1n) is 8.78. The van der Waals surface area contributed by atoms with E-state index < -0.39 is 11.2 Å². The Balaban J connectivity index is 2.36. The topological polar surface area (TPSA) is 75.1 Å². The van der Waals surface area contributed by atoms with Gasteiger partial charge in [0.05, 0.1) is 4.20 Å². The molecule has 0 unspecified atom stereocenters. The minimum absolute atomic E-state index is 0.0226. The van der Waals surface area contributed by atoms with Gasteiger partial charge in [0.15, 0.2) is 0 Å². The summed E-state index contributed by atoms with van der Waals surface area (Å²) in [5.74, 6) is -0.389. The van der Waals surface area contributed by atoms with E-state index in [0.29, 0.717) is 6.54 Å². The van der Waals surface area contributed by atoms with Gasteiger partial charge in [-0.05, 0) is 6.42 Å². The predicted molar refractivity (Wildman–Crippen MR) is 106 cm³/mol. The van der Waals surface area contributed by atoms with E-state index in [9.17, 15) is 14.7 Å². The minimum Gasteiger partial charge on any atom is -0.494 e. The second-order valence-corrected chi connectivity index (χ2v) is 7.25. The maximum atomic E-state index is 11.8. The number of aromatic amines is 1. The van der Waals surface area contributed by atoms with E-state index in [-0.39, 0.29) is 15.6 Å². The van der Waals surface area contributed by atoms with E-state index in [2.05, 4.69) is 24.5 Å². The number of rotatable bonds is 12. The van der Waals surface area contributed by atoms with Crippen LogP contribution in [0.3, 0.4) is 0 Å². The average Bonchev–Trinajstić information content (AvgIpc) is 2.51. The van der Waals surface area contributed by atoms with E-state index in [1.807, 2.05) is 0 Å². The Morgan fingerprint density at radius 1 is 1.04 bits per heavy atom. The van der Waals surface area contributed by atoms with Crippen LogP contribution >= 0.6 is 24.8 Å². The van der Waals surface area contributed by atoms with Gasteiger partial charge in [0.1, 0.15) is 5.56 Å². The van der Waals surface area contributed by atoms with Gasteiger partial charge in [-0.1, -0.05) is 76.9 Å². The van der Waals surface area contributed by atoms with E-state index in [0.717, 1.165) is 23.8 Å². The Labute approximate surface area is 153 Å². The van der Waals surface area contributed by atoms with Gasteiger partial charge in [0, 0.05) is 6.54 Å². The normalized spacial score (nSPS) is 10.9. The molecule has 0 aromatic carbocycles. The number of hydrogen-bond donors (Lipinski definition) is 3. The number of nitrogens with one attached hydrogen (secondary N) is 1. The molecule has 0 amide bonds. The van der Waals surface area contributed by atoms with Gasteiger partial charge in [-0.2, -0.15) is 0 Å². The lowest BCUT2D eigenvalue weighted by Gasteiger charge is -2.10. The predicted octanol–water partition coefficient (Wildman–Crippen LogP) is 3.77. The molecule has 2 N–H and O–H groups in total. The third kappa shape index (κ3) is 6.81. The van der Waals surface area contributed by atoms with Crippen LogP contribution in [0.1, 0.15) is 76.7 Å². The molecule has 1 aromatic rings. The Kier molecular flexibility index (Phi) is 10.0. The SMILES string of the molecule is CCCCCCCCCCCCn1c(O)c(C(=S)S)c(=O)[nH]c1=O. The van der Waals surface area contributed by atoms with Crippen LogP contribution in [0.2, 0.25) is 0 Å². The van der Waals surface area contributed by atoms with Crippen LogP contribution < -0.4 is 11.2 Å². The molecule has 0 aliphatic carbocycles. The Bertz CT molecular complexity index is 638. The number of thiocarbonyl (C=S) groups is 1. The molecule has 5 nitrogen and oxygen atoms in total. The lowest BCUT2D eigenvalue weighted by molar-refractivity contribution is 0.391. The van der Waals surface area contributed by atoms with Crippen LogP contribution in [0.4, 0.5) is 0 Å². The van der Waals surface area contributed by atoms with Crippen molar-refractivity contribution in [2.45, 2.75) is 77.7 Å². The highest BCUT2D eigenvalue weighted by Crippen LogP contribution is 2.15. The van der Waals surface area contributed by atoms with Crippen LogP contribution in [0.15, 0.2) is 9.59 Å². The summed E-state index contributed by atoms with van der Waals surface area (Å²) in [4.78, 5) is 25.6. The maximum Gasteiger partial charge on any atom is 0.331 e. The zero-order valence-electron chi connectivity index (χ0n) is 14.3. The van der Waals surface area contributed by atoms with Crippen molar-refractivity contribution < 1.29 is 5.11 Å². The second-order valence-electron chi connectivity index (χ2n) is 6.10. The van der Waals surface area contributed by atoms with E-state index in [1.165, 1.54) is 44.9 Å². The van der Waals surface area contributed by atoms with Crippen LogP contribution in [-0.4, -0.2) is 18.9 Å². The zero-order valence-corrected chi connectivity index (χ0v) is 16.1. The highest BCUT2D eigenvalue weighted by Gasteiger charge is 2.15. The molecule has 1 aromatic heterocycles. The Morgan fingerprint density at radius 3 is 2.04 bits per heavy atom. The zero-order chi connectivity index (χ0) is 17.9. The lowest BCUT2D eigenvalue weighted by Crippen LogP contribution is -2.33. The number of aromatic hydroxyl groups is 1. The summed E-state index contributed by atoms with van der Waals surface area (Å²) in [6, 6.07) is 0. The van der Waals surface area contributed by atoms with Crippen molar-refractivity contribution in [1.82, 2.24) is 9.55 Å². The van der Waals surface area contributed by atoms with Gasteiger partial charge in [0.25, 0.3) is 5.56 Å². The number of H-pyrrole nitrogens is 1. The number of unbranched alkanes of at least 4 members (excludes halogenated alkanes) is 9. The van der Waals surface area contributed by atoms with Crippen molar-refractivity contribution in [2.75, 3.05) is 0 Å². The molecule has 0 bridgehead atoms. The molecule has 24 heavy (non-hydrogen) atoms. The summed E-state index contributed by atoms with van der Waals surface area (Å²) in [6.07, 6.45) is 11.9. The quantitative estimate of drug-likeness (QED) is 0.297. The molecule has 0 aliphatic rings. The molecule has 0 aliphatic heterocycles. The molecular weight excluding hydrogens is 344 g/mol. The van der Waals surface area contributed by atoms with Crippen LogP contribution in [0.5, 0.6) is 5.88 Å². The molecule has 0 saturated carbocycles. The molecule has 1 rings (SSSR count). The summed E-state index contributed by atoms with van der Waals surface area (Å²) in [5, 5.41) is 10.1. The fraction of sp³-hybridized carbons (Fsp3) is 0.706. The molecule has 0 fully saturated rings. The van der Waals surface area contributed by atoms with E-state index in [1.54, 1.807) is 0 Å². The summed E-state index contributed by atoms with van der Waals surface area (Å²) >= 11 is 8.75. The first-order chi connectivity index (χ1) is 11.5. The summed E-state index contributed by atoms with van der Waals surface area (Å²) < 4.78 is 1.13. The van der Waals surface area contributed by atoms with Crippen molar-refractivity contribution in [3.8, 4) is 5.88 Å². The standard InChI is InChI=1S/C17H28N2O3S2/c1-2-3-4-5-6-7-8-9-10-11-12-19-15(21)13(16(23)24)14(20)18-17(19)22/h21H,2-12H2,1H3,(H,23,24)(H,18,20,22). The van der Waals surface area contributed by atoms with Gasteiger partial charge in [-0.25, -0.2) is 4.79 Å². The monoisotopic (exact) mass is 372 g/mol. The van der Waals surface area contributed by atoms with Crippen LogP contribution in [0.25, 0.3) is 0 Å².